The lowest BCUT2D eigenvalue weighted by atomic mass is 10.1. The van der Waals surface area contributed by atoms with Crippen LogP contribution in [0.1, 0.15) is 5.56 Å². The number of ether oxygens (including phenoxy) is 1. The molecule has 0 amide bonds. The van der Waals surface area contributed by atoms with Gasteiger partial charge in [-0.2, -0.15) is 0 Å². The molecule has 0 radical (unpaired) electrons. The number of carbonyl (C=O) groups is 1. The Labute approximate surface area is 101 Å². The molecule has 1 aromatic carbocycles. The van der Waals surface area contributed by atoms with Crippen LogP contribution in [0.5, 0.6) is 0 Å². The van der Waals surface area contributed by atoms with Gasteiger partial charge in [0, 0.05) is 6.42 Å². The summed E-state index contributed by atoms with van der Waals surface area (Å²) in [5, 5.41) is 1.12. The fourth-order valence-electron chi connectivity index (χ4n) is 1.55. The second kappa shape index (κ2) is 7.01. The molecule has 0 spiro atoms. The number of hydroxylamine groups is 2. The Balaban J connectivity index is 2.80. The number of rotatable bonds is 6. The van der Waals surface area contributed by atoms with E-state index in [-0.39, 0.29) is 0 Å². The zero-order chi connectivity index (χ0) is 12.7. The van der Waals surface area contributed by atoms with Gasteiger partial charge in [-0.1, -0.05) is 35.6 Å². The standard InChI is InChI=1S/C12H17NO4/c1-15-12(14)11(13(16-2)17-3)9-10-7-5-4-6-8-10/h4-8,11H,9H2,1-3H3/t11-/m0/s1. The average Bonchev–Trinajstić information content (AvgIpc) is 2.39. The van der Waals surface area contributed by atoms with E-state index in [9.17, 15) is 4.79 Å². The Morgan fingerprint density at radius 3 is 2.24 bits per heavy atom. The predicted octanol–water partition coefficient (Wildman–Crippen LogP) is 1.20. The Kier molecular flexibility index (Phi) is 5.62. The van der Waals surface area contributed by atoms with Crippen molar-refractivity contribution in [2.75, 3.05) is 21.3 Å². The van der Waals surface area contributed by atoms with Crippen LogP contribution >= 0.6 is 0 Å². The third-order valence-corrected chi connectivity index (χ3v) is 2.36. The Bertz CT molecular complexity index is 338. The van der Waals surface area contributed by atoms with Gasteiger partial charge in [-0.3, -0.25) is 14.5 Å². The van der Waals surface area contributed by atoms with E-state index in [0.717, 1.165) is 10.8 Å². The van der Waals surface area contributed by atoms with E-state index in [4.69, 9.17) is 14.4 Å². The number of carbonyl (C=O) groups excluding carboxylic acids is 1. The Morgan fingerprint density at radius 1 is 1.18 bits per heavy atom. The molecule has 0 unspecified atom stereocenters. The maximum absolute atomic E-state index is 11.7. The summed E-state index contributed by atoms with van der Waals surface area (Å²) >= 11 is 0. The van der Waals surface area contributed by atoms with E-state index < -0.39 is 12.0 Å². The lowest BCUT2D eigenvalue weighted by Gasteiger charge is -2.24. The molecule has 1 aromatic rings. The SMILES string of the molecule is COC(=O)[C@H](Cc1ccccc1)N(OC)OC. The van der Waals surface area contributed by atoms with Crippen molar-refractivity contribution in [1.82, 2.24) is 5.23 Å². The van der Waals surface area contributed by atoms with Gasteiger partial charge in [0.1, 0.15) is 0 Å². The Morgan fingerprint density at radius 2 is 1.76 bits per heavy atom. The third-order valence-electron chi connectivity index (χ3n) is 2.36. The molecule has 0 fully saturated rings. The maximum Gasteiger partial charge on any atom is 0.328 e. The molecule has 0 saturated carbocycles. The summed E-state index contributed by atoms with van der Waals surface area (Å²) in [5.41, 5.74) is 1.00. The first-order chi connectivity index (χ1) is 8.22. The zero-order valence-electron chi connectivity index (χ0n) is 10.3. The topological polar surface area (TPSA) is 48.0 Å². The first-order valence-corrected chi connectivity index (χ1v) is 5.22. The van der Waals surface area contributed by atoms with Crippen LogP contribution in [-0.4, -0.2) is 38.6 Å². The van der Waals surface area contributed by atoms with Gasteiger partial charge in [-0.05, 0) is 5.56 Å². The smallest absolute Gasteiger partial charge is 0.328 e. The highest BCUT2D eigenvalue weighted by molar-refractivity contribution is 5.75. The molecule has 0 aliphatic rings. The highest BCUT2D eigenvalue weighted by Crippen LogP contribution is 2.10. The molecule has 0 N–H and O–H groups in total. The van der Waals surface area contributed by atoms with Crippen molar-refractivity contribution in [1.29, 1.82) is 0 Å². The van der Waals surface area contributed by atoms with Crippen molar-refractivity contribution in [2.24, 2.45) is 0 Å². The van der Waals surface area contributed by atoms with Gasteiger partial charge in [0.2, 0.25) is 0 Å². The summed E-state index contributed by atoms with van der Waals surface area (Å²) in [5.74, 6) is -0.405. The molecule has 5 heteroatoms. The summed E-state index contributed by atoms with van der Waals surface area (Å²) in [4.78, 5) is 21.6. The fourth-order valence-corrected chi connectivity index (χ4v) is 1.55. The number of hydrogen-bond acceptors (Lipinski definition) is 5. The van der Waals surface area contributed by atoms with E-state index >= 15 is 0 Å². The zero-order valence-corrected chi connectivity index (χ0v) is 10.3. The minimum Gasteiger partial charge on any atom is -0.468 e. The summed E-state index contributed by atoms with van der Waals surface area (Å²) in [6, 6.07) is 8.97. The van der Waals surface area contributed by atoms with Gasteiger partial charge < -0.3 is 4.74 Å². The van der Waals surface area contributed by atoms with Crippen molar-refractivity contribution in [2.45, 2.75) is 12.5 Å². The Hall–Kier alpha value is -1.43. The van der Waals surface area contributed by atoms with Crippen LogP contribution in [0.25, 0.3) is 0 Å². The van der Waals surface area contributed by atoms with Crippen LogP contribution < -0.4 is 0 Å². The predicted molar refractivity (Wildman–Crippen MR) is 61.8 cm³/mol. The van der Waals surface area contributed by atoms with Gasteiger partial charge in [-0.15, -0.1) is 0 Å². The van der Waals surface area contributed by atoms with Crippen LogP contribution in [0, 0.1) is 0 Å². The molecule has 94 valence electrons. The van der Waals surface area contributed by atoms with E-state index in [1.165, 1.54) is 21.3 Å². The highest BCUT2D eigenvalue weighted by Gasteiger charge is 2.28. The van der Waals surface area contributed by atoms with Gasteiger partial charge in [0.25, 0.3) is 0 Å². The molecular weight excluding hydrogens is 222 g/mol. The van der Waals surface area contributed by atoms with Gasteiger partial charge in [-0.25, -0.2) is 0 Å². The van der Waals surface area contributed by atoms with Crippen molar-refractivity contribution in [3.8, 4) is 0 Å². The van der Waals surface area contributed by atoms with Crippen molar-refractivity contribution in [3.05, 3.63) is 35.9 Å². The van der Waals surface area contributed by atoms with Crippen LogP contribution in [0.2, 0.25) is 0 Å². The fraction of sp³-hybridized carbons (Fsp3) is 0.417. The van der Waals surface area contributed by atoms with Gasteiger partial charge >= 0.3 is 5.97 Å². The number of esters is 1. The lowest BCUT2D eigenvalue weighted by Crippen LogP contribution is -2.42. The quantitative estimate of drug-likeness (QED) is 0.551. The largest absolute Gasteiger partial charge is 0.468 e. The summed E-state index contributed by atoms with van der Waals surface area (Å²) in [6.45, 7) is 0. The first-order valence-electron chi connectivity index (χ1n) is 5.22. The molecule has 5 nitrogen and oxygen atoms in total. The average molecular weight is 239 g/mol. The summed E-state index contributed by atoms with van der Waals surface area (Å²) < 4.78 is 4.73. The molecular formula is C12H17NO4. The molecule has 1 rings (SSSR count). The third kappa shape index (κ3) is 3.81. The normalized spacial score (nSPS) is 12.5. The highest BCUT2D eigenvalue weighted by atomic mass is 16.9. The molecule has 17 heavy (non-hydrogen) atoms. The molecule has 0 saturated heterocycles. The molecule has 0 bridgehead atoms. The molecule has 0 aliphatic carbocycles. The van der Waals surface area contributed by atoms with Crippen LogP contribution in [0.4, 0.5) is 0 Å². The molecule has 0 aliphatic heterocycles. The molecule has 1 atom stereocenters. The second-order valence-electron chi connectivity index (χ2n) is 3.38. The monoisotopic (exact) mass is 239 g/mol. The minimum atomic E-state index is -0.627. The van der Waals surface area contributed by atoms with Crippen LogP contribution in [0.15, 0.2) is 30.3 Å². The number of benzene rings is 1. The van der Waals surface area contributed by atoms with Crippen molar-refractivity contribution in [3.63, 3.8) is 0 Å². The van der Waals surface area contributed by atoms with E-state index in [0.29, 0.717) is 6.42 Å². The van der Waals surface area contributed by atoms with Crippen LogP contribution in [-0.2, 0) is 25.6 Å². The molecule has 0 aromatic heterocycles. The lowest BCUT2D eigenvalue weighted by molar-refractivity contribution is -0.359. The van der Waals surface area contributed by atoms with Crippen LogP contribution in [0.3, 0.4) is 0 Å². The maximum atomic E-state index is 11.7. The van der Waals surface area contributed by atoms with E-state index in [2.05, 4.69) is 0 Å². The second-order valence-corrected chi connectivity index (χ2v) is 3.38. The summed E-state index contributed by atoms with van der Waals surface area (Å²) in [6.07, 6.45) is 0.454. The van der Waals surface area contributed by atoms with Gasteiger partial charge in [0.05, 0.1) is 21.3 Å². The van der Waals surface area contributed by atoms with Crippen molar-refractivity contribution < 1.29 is 19.2 Å². The first kappa shape index (κ1) is 13.6. The molecule has 0 heterocycles. The van der Waals surface area contributed by atoms with Crippen molar-refractivity contribution >= 4 is 5.97 Å². The number of hydrogen-bond donors (Lipinski definition) is 0. The number of nitrogens with zero attached hydrogens (tertiary/aromatic N) is 1. The minimum absolute atomic E-state index is 0.405. The summed E-state index contributed by atoms with van der Waals surface area (Å²) in [7, 11) is 4.21. The van der Waals surface area contributed by atoms with Gasteiger partial charge in [0.15, 0.2) is 6.04 Å². The van der Waals surface area contributed by atoms with E-state index in [1.54, 1.807) is 0 Å². The van der Waals surface area contributed by atoms with E-state index in [1.807, 2.05) is 30.3 Å². The number of methoxy groups -OCH3 is 1.